The number of pyridine rings is 1. The van der Waals surface area contributed by atoms with Crippen molar-refractivity contribution in [2.45, 2.75) is 32.8 Å². The molecule has 1 fully saturated rings. The van der Waals surface area contributed by atoms with Gasteiger partial charge in [-0.2, -0.15) is 0 Å². The highest BCUT2D eigenvalue weighted by atomic mass is 79.9. The summed E-state index contributed by atoms with van der Waals surface area (Å²) in [5, 5.41) is 0. The lowest BCUT2D eigenvalue weighted by Gasteiger charge is -2.40. The van der Waals surface area contributed by atoms with Gasteiger partial charge in [0.2, 0.25) is 0 Å². The molecule has 2 rings (SSSR count). The van der Waals surface area contributed by atoms with E-state index in [-0.39, 0.29) is 5.60 Å². The molecule has 1 aliphatic heterocycles. The molecule has 0 bridgehead atoms. The predicted octanol–water partition coefficient (Wildman–Crippen LogP) is 3.16. The van der Waals surface area contributed by atoms with E-state index in [4.69, 9.17) is 4.74 Å². The summed E-state index contributed by atoms with van der Waals surface area (Å²) in [6.07, 6.45) is 2.91. The maximum Gasteiger partial charge on any atom is 0.128 e. The van der Waals surface area contributed by atoms with Gasteiger partial charge < -0.3 is 9.64 Å². The number of anilines is 1. The third-order valence-electron chi connectivity index (χ3n) is 3.44. The first-order chi connectivity index (χ1) is 8.04. The van der Waals surface area contributed by atoms with Crippen LogP contribution in [0.5, 0.6) is 0 Å². The number of nitrogens with zero attached hydrogens (tertiary/aromatic N) is 2. The molecule has 0 amide bonds. The van der Waals surface area contributed by atoms with Crippen LogP contribution in [0.2, 0.25) is 0 Å². The van der Waals surface area contributed by atoms with Gasteiger partial charge in [-0.1, -0.05) is 6.92 Å². The minimum absolute atomic E-state index is 0.0408. The van der Waals surface area contributed by atoms with Crippen LogP contribution in [0.25, 0.3) is 0 Å². The molecule has 0 spiro atoms. The zero-order chi connectivity index (χ0) is 12.5. The second kappa shape index (κ2) is 4.94. The zero-order valence-electron chi connectivity index (χ0n) is 10.7. The summed E-state index contributed by atoms with van der Waals surface area (Å²) < 4.78 is 6.90. The first-order valence-electron chi connectivity index (χ1n) is 6.05. The summed E-state index contributed by atoms with van der Waals surface area (Å²) in [7, 11) is 0. The van der Waals surface area contributed by atoms with E-state index in [9.17, 15) is 0 Å². The van der Waals surface area contributed by atoms with Crippen molar-refractivity contribution in [3.63, 3.8) is 0 Å². The van der Waals surface area contributed by atoms with Crippen molar-refractivity contribution in [3.05, 3.63) is 22.3 Å². The Morgan fingerprint density at radius 1 is 1.59 bits per heavy atom. The van der Waals surface area contributed by atoms with Crippen LogP contribution in [-0.2, 0) is 4.74 Å². The van der Waals surface area contributed by atoms with E-state index in [2.05, 4.69) is 52.7 Å². The molecule has 1 saturated heterocycles. The molecule has 94 valence electrons. The Balaban J connectivity index is 2.19. The maximum absolute atomic E-state index is 5.84. The van der Waals surface area contributed by atoms with Crippen molar-refractivity contribution >= 4 is 21.7 Å². The average molecular weight is 299 g/mol. The van der Waals surface area contributed by atoms with Crippen molar-refractivity contribution < 1.29 is 4.74 Å². The van der Waals surface area contributed by atoms with E-state index < -0.39 is 0 Å². The summed E-state index contributed by atoms with van der Waals surface area (Å²) in [5.74, 6) is 1.05. The zero-order valence-corrected chi connectivity index (χ0v) is 12.2. The number of hydrogen-bond donors (Lipinski definition) is 0. The van der Waals surface area contributed by atoms with E-state index in [1.165, 1.54) is 5.56 Å². The Labute approximate surface area is 111 Å². The summed E-state index contributed by atoms with van der Waals surface area (Å²) in [5.41, 5.74) is 1.18. The lowest BCUT2D eigenvalue weighted by Crippen LogP contribution is -2.50. The van der Waals surface area contributed by atoms with Crippen LogP contribution >= 0.6 is 15.9 Å². The second-order valence-electron chi connectivity index (χ2n) is 4.87. The fourth-order valence-corrected chi connectivity index (χ4v) is 2.25. The van der Waals surface area contributed by atoms with Crippen LogP contribution < -0.4 is 4.90 Å². The van der Waals surface area contributed by atoms with Crippen molar-refractivity contribution in [3.8, 4) is 0 Å². The first-order valence-corrected chi connectivity index (χ1v) is 6.84. The third kappa shape index (κ3) is 2.80. The smallest absolute Gasteiger partial charge is 0.128 e. The molecule has 0 aliphatic carbocycles. The van der Waals surface area contributed by atoms with Crippen LogP contribution in [0.4, 0.5) is 5.82 Å². The topological polar surface area (TPSA) is 25.4 Å². The van der Waals surface area contributed by atoms with Gasteiger partial charge in [-0.25, -0.2) is 4.98 Å². The minimum Gasteiger partial charge on any atom is -0.372 e. The fraction of sp³-hybridized carbons (Fsp3) is 0.615. The molecule has 0 aromatic carbocycles. The highest BCUT2D eigenvalue weighted by Crippen LogP contribution is 2.26. The number of rotatable bonds is 2. The van der Waals surface area contributed by atoms with Crippen molar-refractivity contribution in [1.82, 2.24) is 4.98 Å². The maximum atomic E-state index is 5.84. The lowest BCUT2D eigenvalue weighted by molar-refractivity contribution is -0.0443. The van der Waals surface area contributed by atoms with E-state index in [0.717, 1.165) is 36.4 Å². The number of morpholine rings is 1. The van der Waals surface area contributed by atoms with E-state index in [1.54, 1.807) is 0 Å². The van der Waals surface area contributed by atoms with Gasteiger partial charge in [-0.3, -0.25) is 0 Å². The summed E-state index contributed by atoms with van der Waals surface area (Å²) in [6.45, 7) is 9.05. The Morgan fingerprint density at radius 2 is 2.35 bits per heavy atom. The van der Waals surface area contributed by atoms with Crippen LogP contribution in [0.15, 0.2) is 16.7 Å². The minimum atomic E-state index is -0.0408. The monoisotopic (exact) mass is 298 g/mol. The first kappa shape index (κ1) is 12.8. The third-order valence-corrected chi connectivity index (χ3v) is 4.27. The fourth-order valence-electron chi connectivity index (χ4n) is 2.04. The summed E-state index contributed by atoms with van der Waals surface area (Å²) in [4.78, 5) is 6.80. The van der Waals surface area contributed by atoms with Gasteiger partial charge in [-0.15, -0.1) is 0 Å². The lowest BCUT2D eigenvalue weighted by atomic mass is 10.0. The second-order valence-corrected chi connectivity index (χ2v) is 5.72. The number of hydrogen-bond acceptors (Lipinski definition) is 3. The van der Waals surface area contributed by atoms with Gasteiger partial charge in [0.25, 0.3) is 0 Å². The molecule has 0 N–H and O–H groups in total. The van der Waals surface area contributed by atoms with Crippen LogP contribution in [0.1, 0.15) is 25.8 Å². The highest BCUT2D eigenvalue weighted by molar-refractivity contribution is 9.10. The van der Waals surface area contributed by atoms with Gasteiger partial charge in [0.1, 0.15) is 5.82 Å². The molecule has 1 unspecified atom stereocenters. The molecule has 1 aromatic heterocycles. The van der Waals surface area contributed by atoms with Crippen molar-refractivity contribution in [1.29, 1.82) is 0 Å². The SMILES string of the molecule is CCC1(C)CN(c2cc(C)c(Br)cn2)CCO1. The number of aromatic nitrogens is 1. The average Bonchev–Trinajstić information content (AvgIpc) is 2.33. The van der Waals surface area contributed by atoms with E-state index >= 15 is 0 Å². The Kier molecular flexibility index (Phi) is 3.73. The number of ether oxygens (including phenoxy) is 1. The summed E-state index contributed by atoms with van der Waals surface area (Å²) in [6, 6.07) is 2.13. The van der Waals surface area contributed by atoms with Gasteiger partial charge >= 0.3 is 0 Å². The Hall–Kier alpha value is -0.610. The van der Waals surface area contributed by atoms with E-state index in [1.807, 2.05) is 6.20 Å². The van der Waals surface area contributed by atoms with E-state index in [0.29, 0.717) is 0 Å². The molecule has 0 saturated carbocycles. The molecule has 0 radical (unpaired) electrons. The molecule has 1 aliphatic rings. The Morgan fingerprint density at radius 3 is 3.00 bits per heavy atom. The Bertz CT molecular complexity index is 410. The summed E-state index contributed by atoms with van der Waals surface area (Å²) >= 11 is 3.48. The largest absolute Gasteiger partial charge is 0.372 e. The van der Waals surface area contributed by atoms with Crippen molar-refractivity contribution in [2.75, 3.05) is 24.6 Å². The molecule has 1 aromatic rings. The molecular formula is C13H19BrN2O. The van der Waals surface area contributed by atoms with Crippen LogP contribution in [-0.4, -0.2) is 30.3 Å². The predicted molar refractivity (Wildman–Crippen MR) is 73.5 cm³/mol. The van der Waals surface area contributed by atoms with Gasteiger partial charge in [0, 0.05) is 23.8 Å². The molecule has 4 heteroatoms. The van der Waals surface area contributed by atoms with Gasteiger partial charge in [0.05, 0.1) is 12.2 Å². The number of halogens is 1. The van der Waals surface area contributed by atoms with Gasteiger partial charge in [0.15, 0.2) is 0 Å². The molecule has 2 heterocycles. The highest BCUT2D eigenvalue weighted by Gasteiger charge is 2.30. The molecule has 1 atom stereocenters. The molecular weight excluding hydrogens is 280 g/mol. The quantitative estimate of drug-likeness (QED) is 0.839. The van der Waals surface area contributed by atoms with Gasteiger partial charge in [-0.05, 0) is 47.8 Å². The number of aryl methyl sites for hydroxylation is 1. The standard InChI is InChI=1S/C13H19BrN2O/c1-4-13(3)9-16(5-6-17-13)12-7-10(2)11(14)8-15-12/h7-8H,4-6,9H2,1-3H3. The van der Waals surface area contributed by atoms with Crippen LogP contribution in [0.3, 0.4) is 0 Å². The normalized spacial score (nSPS) is 25.1. The molecule has 3 nitrogen and oxygen atoms in total. The van der Waals surface area contributed by atoms with Crippen LogP contribution in [0, 0.1) is 6.92 Å². The molecule has 17 heavy (non-hydrogen) atoms. The van der Waals surface area contributed by atoms with Crippen molar-refractivity contribution in [2.24, 2.45) is 0 Å².